The van der Waals surface area contributed by atoms with Crippen molar-refractivity contribution in [2.75, 3.05) is 0 Å². The zero-order valence-corrected chi connectivity index (χ0v) is 9.05. The fourth-order valence-corrected chi connectivity index (χ4v) is 1.61. The quantitative estimate of drug-likeness (QED) is 0.666. The lowest BCUT2D eigenvalue weighted by atomic mass is 10.0. The monoisotopic (exact) mass is 220 g/mol. The van der Waals surface area contributed by atoms with Crippen molar-refractivity contribution in [2.45, 2.75) is 6.92 Å². The van der Waals surface area contributed by atoms with Crippen LogP contribution in [0.15, 0.2) is 42.5 Å². The molecule has 0 aromatic heterocycles. The average Bonchev–Trinajstić information content (AvgIpc) is 2.22. The van der Waals surface area contributed by atoms with E-state index in [4.69, 9.17) is 11.6 Å². The van der Waals surface area contributed by atoms with Gasteiger partial charge in [0.2, 0.25) is 0 Å². The Labute approximate surface area is 93.3 Å². The summed E-state index contributed by atoms with van der Waals surface area (Å²) in [5.74, 6) is -0.222. The minimum absolute atomic E-state index is 0.222. The second kappa shape index (κ2) is 4.03. The summed E-state index contributed by atoms with van der Waals surface area (Å²) in [7, 11) is 0. The molecule has 0 unspecified atom stereocenters. The van der Waals surface area contributed by atoms with Crippen molar-refractivity contribution < 1.29 is 4.39 Å². The maximum atomic E-state index is 13.0. The van der Waals surface area contributed by atoms with E-state index in [0.717, 1.165) is 21.7 Å². The van der Waals surface area contributed by atoms with Crippen molar-refractivity contribution in [3.8, 4) is 11.1 Å². The summed E-state index contributed by atoms with van der Waals surface area (Å²) < 4.78 is 13.0. The Hall–Kier alpha value is -1.34. The Morgan fingerprint density at radius 2 is 1.73 bits per heavy atom. The Morgan fingerprint density at radius 1 is 1.00 bits per heavy atom. The second-order valence-corrected chi connectivity index (χ2v) is 3.88. The first-order valence-corrected chi connectivity index (χ1v) is 5.07. The molecule has 0 aliphatic carbocycles. The zero-order chi connectivity index (χ0) is 10.8. The zero-order valence-electron chi connectivity index (χ0n) is 8.30. The summed E-state index contributed by atoms with van der Waals surface area (Å²) in [5, 5.41) is 0.732. The van der Waals surface area contributed by atoms with Gasteiger partial charge >= 0.3 is 0 Å². The Kier molecular flexibility index (Phi) is 2.74. The van der Waals surface area contributed by atoms with Gasteiger partial charge in [-0.1, -0.05) is 29.8 Å². The number of aryl methyl sites for hydroxylation is 1. The third-order valence-electron chi connectivity index (χ3n) is 2.32. The molecule has 0 saturated carbocycles. The van der Waals surface area contributed by atoms with E-state index in [1.165, 1.54) is 12.1 Å². The maximum absolute atomic E-state index is 13.0. The molecule has 0 aliphatic heterocycles. The van der Waals surface area contributed by atoms with Crippen LogP contribution in [0, 0.1) is 12.7 Å². The minimum Gasteiger partial charge on any atom is -0.207 e. The molecule has 2 aromatic rings. The van der Waals surface area contributed by atoms with E-state index in [-0.39, 0.29) is 5.82 Å². The predicted molar refractivity (Wildman–Crippen MR) is 61.6 cm³/mol. The highest BCUT2D eigenvalue weighted by atomic mass is 35.5. The first-order chi connectivity index (χ1) is 7.16. The molecule has 0 saturated heterocycles. The van der Waals surface area contributed by atoms with Gasteiger partial charge < -0.3 is 0 Å². The fourth-order valence-electron chi connectivity index (χ4n) is 1.49. The van der Waals surface area contributed by atoms with Gasteiger partial charge in [-0.3, -0.25) is 0 Å². The molecular weight excluding hydrogens is 211 g/mol. The Balaban J connectivity index is 2.50. The van der Waals surface area contributed by atoms with Gasteiger partial charge in [0, 0.05) is 5.02 Å². The molecule has 0 N–H and O–H groups in total. The van der Waals surface area contributed by atoms with Crippen LogP contribution in [0.5, 0.6) is 0 Å². The molecule has 2 aromatic carbocycles. The summed E-state index contributed by atoms with van der Waals surface area (Å²) in [6.45, 7) is 1.94. The molecule has 0 spiro atoms. The van der Waals surface area contributed by atoms with Crippen molar-refractivity contribution in [3.63, 3.8) is 0 Å². The lowest BCUT2D eigenvalue weighted by molar-refractivity contribution is 0.628. The minimum atomic E-state index is -0.222. The number of benzene rings is 2. The van der Waals surface area contributed by atoms with Gasteiger partial charge in [-0.05, 0) is 47.9 Å². The summed E-state index contributed by atoms with van der Waals surface area (Å²) in [6.07, 6.45) is 0. The number of rotatable bonds is 1. The smallest absolute Gasteiger partial charge is 0.123 e. The lowest BCUT2D eigenvalue weighted by Gasteiger charge is -2.04. The summed E-state index contributed by atoms with van der Waals surface area (Å²) in [6, 6.07) is 12.2. The molecule has 0 amide bonds. The van der Waals surface area contributed by atoms with Gasteiger partial charge in [0.1, 0.15) is 5.82 Å². The van der Waals surface area contributed by atoms with Crippen LogP contribution >= 0.6 is 11.6 Å². The van der Waals surface area contributed by atoms with Crippen LogP contribution in [0.4, 0.5) is 4.39 Å². The largest absolute Gasteiger partial charge is 0.207 e. The van der Waals surface area contributed by atoms with Crippen molar-refractivity contribution in [1.29, 1.82) is 0 Å². The van der Waals surface area contributed by atoms with E-state index in [0.29, 0.717) is 0 Å². The lowest BCUT2D eigenvalue weighted by Crippen LogP contribution is -1.82. The van der Waals surface area contributed by atoms with Gasteiger partial charge in [0.15, 0.2) is 0 Å². The topological polar surface area (TPSA) is 0 Å². The van der Waals surface area contributed by atoms with Crippen LogP contribution < -0.4 is 0 Å². The molecule has 76 valence electrons. The van der Waals surface area contributed by atoms with E-state index in [1.807, 2.05) is 31.2 Å². The number of hydrogen-bond acceptors (Lipinski definition) is 0. The van der Waals surface area contributed by atoms with Crippen LogP contribution in [0.25, 0.3) is 11.1 Å². The summed E-state index contributed by atoms with van der Waals surface area (Å²) >= 11 is 5.93. The van der Waals surface area contributed by atoms with Crippen LogP contribution in [-0.2, 0) is 0 Å². The second-order valence-electron chi connectivity index (χ2n) is 3.47. The predicted octanol–water partition coefficient (Wildman–Crippen LogP) is 4.45. The van der Waals surface area contributed by atoms with E-state index in [1.54, 1.807) is 6.07 Å². The molecule has 0 aliphatic rings. The molecule has 2 rings (SSSR count). The first kappa shape index (κ1) is 10.2. The Morgan fingerprint density at radius 3 is 2.40 bits per heavy atom. The Bertz CT molecular complexity index is 492. The van der Waals surface area contributed by atoms with Crippen molar-refractivity contribution in [3.05, 3.63) is 58.9 Å². The van der Waals surface area contributed by atoms with E-state index in [2.05, 4.69) is 0 Å². The molecule has 0 atom stereocenters. The normalized spacial score (nSPS) is 10.3. The van der Waals surface area contributed by atoms with Crippen molar-refractivity contribution in [2.24, 2.45) is 0 Å². The highest BCUT2D eigenvalue weighted by molar-refractivity contribution is 6.31. The van der Waals surface area contributed by atoms with Crippen molar-refractivity contribution in [1.82, 2.24) is 0 Å². The van der Waals surface area contributed by atoms with Gasteiger partial charge in [-0.2, -0.15) is 0 Å². The third kappa shape index (κ3) is 2.18. The molecule has 0 radical (unpaired) electrons. The maximum Gasteiger partial charge on any atom is 0.123 e. The highest BCUT2D eigenvalue weighted by Crippen LogP contribution is 2.24. The van der Waals surface area contributed by atoms with Crippen LogP contribution in [-0.4, -0.2) is 0 Å². The van der Waals surface area contributed by atoms with E-state index >= 15 is 0 Å². The van der Waals surface area contributed by atoms with E-state index in [9.17, 15) is 4.39 Å². The van der Waals surface area contributed by atoms with E-state index < -0.39 is 0 Å². The van der Waals surface area contributed by atoms with Crippen LogP contribution in [0.3, 0.4) is 0 Å². The standard InChI is InChI=1S/C13H10ClF/c1-9-7-11(5-6-13(9)14)10-3-2-4-12(15)8-10/h2-8H,1H3. The molecule has 15 heavy (non-hydrogen) atoms. The number of hydrogen-bond donors (Lipinski definition) is 0. The van der Waals surface area contributed by atoms with Crippen LogP contribution in [0.2, 0.25) is 5.02 Å². The van der Waals surface area contributed by atoms with Crippen molar-refractivity contribution >= 4 is 11.6 Å². The molecule has 0 bridgehead atoms. The van der Waals surface area contributed by atoms with Gasteiger partial charge in [0.05, 0.1) is 0 Å². The van der Waals surface area contributed by atoms with Crippen LogP contribution in [0.1, 0.15) is 5.56 Å². The summed E-state index contributed by atoms with van der Waals surface area (Å²) in [4.78, 5) is 0. The molecule has 2 heteroatoms. The molecular formula is C13H10ClF. The average molecular weight is 221 g/mol. The SMILES string of the molecule is Cc1cc(-c2cccc(F)c2)ccc1Cl. The molecule has 0 fully saturated rings. The fraction of sp³-hybridized carbons (Fsp3) is 0.0769. The first-order valence-electron chi connectivity index (χ1n) is 4.69. The summed E-state index contributed by atoms with van der Waals surface area (Å²) in [5.41, 5.74) is 2.85. The van der Waals surface area contributed by atoms with Gasteiger partial charge in [0.25, 0.3) is 0 Å². The highest BCUT2D eigenvalue weighted by Gasteiger charge is 2.01. The van der Waals surface area contributed by atoms with Gasteiger partial charge in [-0.25, -0.2) is 4.39 Å². The molecule has 0 nitrogen and oxygen atoms in total. The number of halogens is 2. The third-order valence-corrected chi connectivity index (χ3v) is 2.74. The van der Waals surface area contributed by atoms with Gasteiger partial charge in [-0.15, -0.1) is 0 Å². The molecule has 0 heterocycles.